The maximum absolute atomic E-state index is 11.0. The number of hydrogen-bond donors (Lipinski definition) is 4. The van der Waals surface area contributed by atoms with Crippen molar-refractivity contribution in [3.63, 3.8) is 0 Å². The van der Waals surface area contributed by atoms with Crippen LogP contribution in [0.2, 0.25) is 6.82 Å². The third-order valence-electron chi connectivity index (χ3n) is 11.8. The van der Waals surface area contributed by atoms with E-state index in [2.05, 4.69) is 103 Å². The standard InChI is InChI=1S/C22H32O2.C21H29BrO2.CH5BO2/c1-6-7-8-9-16-13-19-20(21(23)15(16)3)17-12-14(2)10-11-18(17)22(4,5)24-19;1-5-6-7-8-14-12-17-18(20(23)19(14)22)15-11-13(2)9-10-16(15)21(3,4)24-17;1-2(3)4/h12-13,17-18,23H,6-11H2,1-5H3;11-12,15-16,23H,5-10H2,1-4H3;3-4H,1H3. The fourth-order valence-corrected chi connectivity index (χ4v) is 9.40. The van der Waals surface area contributed by atoms with Gasteiger partial charge in [0.2, 0.25) is 0 Å². The quantitative estimate of drug-likeness (QED) is 0.121. The molecule has 0 saturated carbocycles. The molecule has 2 aromatic carbocycles. The molecule has 4 aliphatic rings. The van der Waals surface area contributed by atoms with E-state index in [1.54, 1.807) is 0 Å². The van der Waals surface area contributed by atoms with Crippen LogP contribution in [0.15, 0.2) is 39.9 Å². The van der Waals surface area contributed by atoms with Gasteiger partial charge in [0.15, 0.2) is 0 Å². The Morgan fingerprint density at radius 2 is 1.12 bits per heavy atom. The summed E-state index contributed by atoms with van der Waals surface area (Å²) < 4.78 is 13.7. The minimum Gasteiger partial charge on any atom is -0.507 e. The van der Waals surface area contributed by atoms with Gasteiger partial charge in [-0.15, -0.1) is 0 Å². The monoisotopic (exact) mass is 780 g/mol. The Bertz CT molecular complexity index is 1490. The number of aromatic hydroxyl groups is 2. The molecular weight excluding hydrogens is 715 g/mol. The zero-order valence-corrected chi connectivity index (χ0v) is 35.3. The predicted octanol–water partition coefficient (Wildman–Crippen LogP) is 11.6. The molecule has 2 aromatic rings. The second-order valence-corrected chi connectivity index (χ2v) is 17.6. The van der Waals surface area contributed by atoms with Gasteiger partial charge in [0.05, 0.1) is 4.47 Å². The van der Waals surface area contributed by atoms with E-state index in [-0.39, 0.29) is 23.0 Å². The molecule has 0 radical (unpaired) electrons. The van der Waals surface area contributed by atoms with Crippen LogP contribution in [0.25, 0.3) is 0 Å². The minimum atomic E-state index is -1.17. The van der Waals surface area contributed by atoms with Crippen molar-refractivity contribution in [2.75, 3.05) is 0 Å². The van der Waals surface area contributed by atoms with E-state index in [0.717, 1.165) is 83.2 Å². The Balaban J connectivity index is 0.000000211. The van der Waals surface area contributed by atoms with Crippen LogP contribution >= 0.6 is 15.9 Å². The molecule has 2 aliphatic heterocycles. The molecule has 0 saturated heterocycles. The van der Waals surface area contributed by atoms with E-state index in [1.165, 1.54) is 55.6 Å². The fourth-order valence-electron chi connectivity index (χ4n) is 8.87. The zero-order chi connectivity index (χ0) is 38.5. The van der Waals surface area contributed by atoms with Crippen molar-refractivity contribution >= 4 is 23.0 Å². The van der Waals surface area contributed by atoms with Gasteiger partial charge in [-0.2, -0.15) is 0 Å². The van der Waals surface area contributed by atoms with Crippen LogP contribution in [0, 0.1) is 18.8 Å². The third kappa shape index (κ3) is 9.62. The topological polar surface area (TPSA) is 99.4 Å². The van der Waals surface area contributed by atoms with Gasteiger partial charge in [-0.3, -0.25) is 0 Å². The Morgan fingerprint density at radius 1 is 0.712 bits per heavy atom. The van der Waals surface area contributed by atoms with Gasteiger partial charge in [-0.25, -0.2) is 0 Å². The maximum Gasteiger partial charge on any atom is 0.448 e. The lowest BCUT2D eigenvalue weighted by molar-refractivity contribution is 0.0103. The molecule has 52 heavy (non-hydrogen) atoms. The lowest BCUT2D eigenvalue weighted by Gasteiger charge is -2.46. The van der Waals surface area contributed by atoms with Crippen molar-refractivity contribution in [1.82, 2.24) is 0 Å². The first kappa shape index (κ1) is 42.3. The number of benzene rings is 2. The average molecular weight is 782 g/mol. The lowest BCUT2D eigenvalue weighted by atomic mass is 9.67. The van der Waals surface area contributed by atoms with E-state index in [1.807, 2.05) is 0 Å². The Hall–Kier alpha value is -2.42. The molecule has 0 fully saturated rings. The summed E-state index contributed by atoms with van der Waals surface area (Å²) >= 11 is 3.65. The number of rotatable bonds is 8. The molecule has 8 heteroatoms. The van der Waals surface area contributed by atoms with Gasteiger partial charge >= 0.3 is 7.12 Å². The first-order valence-corrected chi connectivity index (χ1v) is 20.7. The largest absolute Gasteiger partial charge is 0.507 e. The fraction of sp³-hybridized carbons (Fsp3) is 0.636. The molecular formula is C44H66BBrO6. The molecule has 4 atom stereocenters. The summed E-state index contributed by atoms with van der Waals surface area (Å²) in [6.45, 7) is 21.0. The van der Waals surface area contributed by atoms with Crippen molar-refractivity contribution in [1.29, 1.82) is 0 Å². The van der Waals surface area contributed by atoms with Gasteiger partial charge < -0.3 is 29.7 Å². The summed E-state index contributed by atoms with van der Waals surface area (Å²) in [5.74, 6) is 4.01. The Morgan fingerprint density at radius 3 is 1.56 bits per heavy atom. The highest BCUT2D eigenvalue weighted by molar-refractivity contribution is 9.10. The first-order chi connectivity index (χ1) is 24.4. The van der Waals surface area contributed by atoms with Gasteiger partial charge in [0, 0.05) is 34.8 Å². The van der Waals surface area contributed by atoms with Crippen molar-refractivity contribution in [3.8, 4) is 23.0 Å². The molecule has 0 spiro atoms. The third-order valence-corrected chi connectivity index (χ3v) is 12.7. The van der Waals surface area contributed by atoms with Gasteiger partial charge in [0.25, 0.3) is 0 Å². The highest BCUT2D eigenvalue weighted by atomic mass is 79.9. The SMILES string of the molecule is CB(O)O.CCCCCc1cc2c(c(O)c1Br)C1C=C(C)CCC1C(C)(C)O2.CCCCCc1cc2c(c(O)c1C)C1C=C(C)CCC1C(C)(C)O2. The number of allylic oxidation sites excluding steroid dienone is 4. The van der Waals surface area contributed by atoms with E-state index in [0.29, 0.717) is 23.3 Å². The van der Waals surface area contributed by atoms with Gasteiger partial charge in [0.1, 0.15) is 34.2 Å². The van der Waals surface area contributed by atoms with Crippen LogP contribution in [0.4, 0.5) is 0 Å². The molecule has 0 amide bonds. The van der Waals surface area contributed by atoms with Crippen LogP contribution in [-0.4, -0.2) is 38.6 Å². The second-order valence-electron chi connectivity index (χ2n) is 16.9. The number of phenols is 2. The van der Waals surface area contributed by atoms with Crippen LogP contribution in [0.1, 0.15) is 159 Å². The molecule has 2 heterocycles. The summed E-state index contributed by atoms with van der Waals surface area (Å²) in [5.41, 5.74) is 7.91. The molecule has 6 nitrogen and oxygen atoms in total. The maximum atomic E-state index is 11.0. The minimum absolute atomic E-state index is 0.183. The van der Waals surface area contributed by atoms with E-state index in [4.69, 9.17) is 19.5 Å². The summed E-state index contributed by atoms with van der Waals surface area (Å²) in [4.78, 5) is 0. The second kappa shape index (κ2) is 17.8. The predicted molar refractivity (Wildman–Crippen MR) is 219 cm³/mol. The molecule has 288 valence electrons. The molecule has 0 bridgehead atoms. The molecule has 4 unspecified atom stereocenters. The van der Waals surface area contributed by atoms with E-state index >= 15 is 0 Å². The van der Waals surface area contributed by atoms with E-state index < -0.39 is 7.12 Å². The number of phenolic OH excluding ortho intramolecular Hbond substituents is 2. The number of ether oxygens (including phenoxy) is 2. The molecule has 2 aliphatic carbocycles. The van der Waals surface area contributed by atoms with Gasteiger partial charge in [-0.1, -0.05) is 62.8 Å². The van der Waals surface area contributed by atoms with Crippen molar-refractivity contribution in [2.24, 2.45) is 11.8 Å². The first-order valence-electron chi connectivity index (χ1n) is 19.9. The van der Waals surface area contributed by atoms with Crippen LogP contribution in [-0.2, 0) is 12.8 Å². The summed E-state index contributed by atoms with van der Waals surface area (Å²) in [5, 5.41) is 37.1. The van der Waals surface area contributed by atoms with Crippen LogP contribution in [0.3, 0.4) is 0 Å². The Labute approximate surface area is 323 Å². The normalized spacial score (nSPS) is 23.2. The number of halogens is 1. The van der Waals surface area contributed by atoms with Crippen LogP contribution in [0.5, 0.6) is 23.0 Å². The molecule has 4 N–H and O–H groups in total. The molecule has 0 aromatic heterocycles. The number of hydrogen-bond acceptors (Lipinski definition) is 6. The number of fused-ring (bicyclic) bond motifs is 6. The van der Waals surface area contributed by atoms with Crippen molar-refractivity contribution in [3.05, 3.63) is 67.7 Å². The number of aryl methyl sites for hydroxylation is 2. The smallest absolute Gasteiger partial charge is 0.448 e. The summed E-state index contributed by atoms with van der Waals surface area (Å²) in [6.07, 6.45) is 18.4. The zero-order valence-electron chi connectivity index (χ0n) is 33.7. The van der Waals surface area contributed by atoms with Crippen molar-refractivity contribution in [2.45, 2.75) is 169 Å². The van der Waals surface area contributed by atoms with Gasteiger partial charge in [-0.05, 0) is 151 Å². The summed E-state index contributed by atoms with van der Waals surface area (Å²) in [6, 6.07) is 4.36. The summed E-state index contributed by atoms with van der Waals surface area (Å²) in [7, 11) is -1.17. The number of unbranched alkanes of at least 4 members (excludes halogenated alkanes) is 4. The highest BCUT2D eigenvalue weighted by Crippen LogP contribution is 2.56. The highest BCUT2D eigenvalue weighted by Gasteiger charge is 2.47. The van der Waals surface area contributed by atoms with Crippen LogP contribution < -0.4 is 9.47 Å². The Kier molecular flexibility index (Phi) is 14.5. The lowest BCUT2D eigenvalue weighted by Crippen LogP contribution is -2.45. The molecule has 6 rings (SSSR count). The van der Waals surface area contributed by atoms with E-state index in [9.17, 15) is 10.2 Å². The van der Waals surface area contributed by atoms with Crippen molar-refractivity contribution < 1.29 is 29.7 Å². The average Bonchev–Trinajstić information content (AvgIpc) is 3.05.